The average molecular weight is 365 g/mol. The van der Waals surface area contributed by atoms with E-state index in [0.29, 0.717) is 25.5 Å². The topological polar surface area (TPSA) is 69.3 Å². The zero-order valence-electron chi connectivity index (χ0n) is 15.2. The maximum absolute atomic E-state index is 12.6. The monoisotopic (exact) mass is 365 g/mol. The summed E-state index contributed by atoms with van der Waals surface area (Å²) in [7, 11) is 0. The molecule has 6 heteroatoms. The lowest BCUT2D eigenvalue weighted by Crippen LogP contribution is -2.26. The molecule has 0 aliphatic heterocycles. The van der Waals surface area contributed by atoms with Gasteiger partial charge in [0.1, 0.15) is 12.4 Å². The Hall–Kier alpha value is -2.86. The highest BCUT2D eigenvalue weighted by Gasteiger charge is 2.26. The van der Waals surface area contributed by atoms with Gasteiger partial charge in [-0.05, 0) is 49.9 Å². The number of hydrogen-bond acceptors (Lipinski definition) is 4. The molecule has 0 saturated heterocycles. The van der Waals surface area contributed by atoms with Crippen molar-refractivity contribution in [2.75, 3.05) is 13.2 Å². The summed E-state index contributed by atoms with van der Waals surface area (Å²) in [5.41, 5.74) is 3.81. The summed E-state index contributed by atoms with van der Waals surface area (Å²) in [6, 6.07) is 13.7. The molecule has 4 rings (SSSR count). The van der Waals surface area contributed by atoms with Gasteiger partial charge in [-0.3, -0.25) is 4.79 Å². The second-order valence-electron chi connectivity index (χ2n) is 6.62. The van der Waals surface area contributed by atoms with E-state index in [4.69, 9.17) is 9.15 Å². The molecule has 3 aromatic rings. The molecule has 0 unspecified atom stereocenters. The molecular formula is C21H23N3O3. The third kappa shape index (κ3) is 3.95. The van der Waals surface area contributed by atoms with Gasteiger partial charge in [0.2, 0.25) is 0 Å². The van der Waals surface area contributed by atoms with Gasteiger partial charge in [-0.2, -0.15) is 5.10 Å². The van der Waals surface area contributed by atoms with Crippen LogP contribution in [0.1, 0.15) is 40.3 Å². The number of fused-ring (bicyclic) bond motifs is 1. The number of amides is 1. The molecule has 0 atom stereocenters. The van der Waals surface area contributed by atoms with E-state index in [0.717, 1.165) is 48.4 Å². The van der Waals surface area contributed by atoms with Gasteiger partial charge in [-0.1, -0.05) is 18.2 Å². The van der Waals surface area contributed by atoms with Crippen molar-refractivity contribution in [1.29, 1.82) is 0 Å². The van der Waals surface area contributed by atoms with Crippen molar-refractivity contribution in [1.82, 2.24) is 15.1 Å². The smallest absolute Gasteiger partial charge is 0.272 e. The Bertz CT molecular complexity index is 885. The molecule has 1 amide bonds. The largest absolute Gasteiger partial charge is 0.467 e. The van der Waals surface area contributed by atoms with Gasteiger partial charge in [0.05, 0.1) is 12.0 Å². The maximum atomic E-state index is 12.6. The number of carbonyl (C=O) groups excluding carboxylic acids is 1. The molecule has 1 aromatic carbocycles. The van der Waals surface area contributed by atoms with Crippen LogP contribution in [0.5, 0.6) is 0 Å². The highest BCUT2D eigenvalue weighted by Crippen LogP contribution is 2.27. The molecule has 1 aliphatic rings. The van der Waals surface area contributed by atoms with Crippen molar-refractivity contribution < 1.29 is 13.9 Å². The average Bonchev–Trinajstić information content (AvgIpc) is 3.42. The van der Waals surface area contributed by atoms with Gasteiger partial charge in [0.15, 0.2) is 5.69 Å². The van der Waals surface area contributed by atoms with Crippen molar-refractivity contribution in [3.05, 3.63) is 71.4 Å². The molecule has 2 aromatic heterocycles. The quantitative estimate of drug-likeness (QED) is 0.622. The van der Waals surface area contributed by atoms with Gasteiger partial charge in [-0.25, -0.2) is 4.68 Å². The summed E-state index contributed by atoms with van der Waals surface area (Å²) in [6.45, 7) is 1.58. The number of benzene rings is 1. The first kappa shape index (κ1) is 17.5. The number of furan rings is 1. The highest BCUT2D eigenvalue weighted by atomic mass is 16.5. The summed E-state index contributed by atoms with van der Waals surface area (Å²) in [5, 5.41) is 7.58. The molecule has 1 N–H and O–H groups in total. The lowest BCUT2D eigenvalue weighted by molar-refractivity contribution is 0.0912. The molecule has 0 spiro atoms. The Morgan fingerprint density at radius 1 is 1.19 bits per heavy atom. The molecule has 1 aliphatic carbocycles. The highest BCUT2D eigenvalue weighted by molar-refractivity contribution is 5.94. The zero-order valence-corrected chi connectivity index (χ0v) is 15.2. The maximum Gasteiger partial charge on any atom is 0.272 e. The molecule has 0 radical (unpaired) electrons. The van der Waals surface area contributed by atoms with Crippen molar-refractivity contribution in [3.63, 3.8) is 0 Å². The summed E-state index contributed by atoms with van der Waals surface area (Å²) < 4.78 is 12.7. The van der Waals surface area contributed by atoms with Gasteiger partial charge in [0, 0.05) is 24.4 Å². The number of ether oxygens (including phenoxy) is 1. The molecule has 0 saturated carbocycles. The summed E-state index contributed by atoms with van der Waals surface area (Å²) in [6.07, 6.45) is 5.32. The van der Waals surface area contributed by atoms with Crippen molar-refractivity contribution in [2.24, 2.45) is 0 Å². The van der Waals surface area contributed by atoms with E-state index in [1.807, 2.05) is 47.1 Å². The summed E-state index contributed by atoms with van der Waals surface area (Å²) in [4.78, 5) is 12.6. The van der Waals surface area contributed by atoms with Gasteiger partial charge in [0.25, 0.3) is 5.91 Å². The number of hydrogen-bond donors (Lipinski definition) is 1. The van der Waals surface area contributed by atoms with Crippen LogP contribution >= 0.6 is 0 Å². The number of nitrogens with one attached hydrogen (secondary N) is 1. The SMILES string of the molecule is O=C(NCCCOCc1ccco1)c1nn(-c2ccccc2)c2c1CCC2. The number of nitrogens with zero attached hydrogens (tertiary/aromatic N) is 2. The first-order chi connectivity index (χ1) is 13.3. The third-order valence-corrected chi connectivity index (χ3v) is 4.72. The Balaban J connectivity index is 1.32. The van der Waals surface area contributed by atoms with Crippen LogP contribution in [0.4, 0.5) is 0 Å². The van der Waals surface area contributed by atoms with Crippen molar-refractivity contribution in [2.45, 2.75) is 32.3 Å². The Morgan fingerprint density at radius 3 is 2.89 bits per heavy atom. The van der Waals surface area contributed by atoms with Crippen LogP contribution < -0.4 is 5.32 Å². The minimum atomic E-state index is -0.103. The Kier molecular flexibility index (Phi) is 5.34. The van der Waals surface area contributed by atoms with Gasteiger partial charge < -0.3 is 14.5 Å². The fourth-order valence-corrected chi connectivity index (χ4v) is 3.43. The number of rotatable bonds is 8. The van der Waals surface area contributed by atoms with E-state index in [1.54, 1.807) is 6.26 Å². The lowest BCUT2D eigenvalue weighted by Gasteiger charge is -2.06. The minimum absolute atomic E-state index is 0.103. The van der Waals surface area contributed by atoms with Crippen LogP contribution in [0.2, 0.25) is 0 Å². The molecule has 0 fully saturated rings. The number of para-hydroxylation sites is 1. The standard InChI is InChI=1S/C21H23N3O3/c25-21(22-12-6-13-26-15-17-9-5-14-27-17)20-18-10-4-11-19(18)24(23-20)16-7-2-1-3-8-16/h1-3,5,7-9,14H,4,6,10-13,15H2,(H,22,25). The Morgan fingerprint density at radius 2 is 2.07 bits per heavy atom. The molecule has 6 nitrogen and oxygen atoms in total. The van der Waals surface area contributed by atoms with Crippen LogP contribution in [0, 0.1) is 0 Å². The first-order valence-electron chi connectivity index (χ1n) is 9.37. The molecule has 140 valence electrons. The molecule has 0 bridgehead atoms. The van der Waals surface area contributed by atoms with E-state index >= 15 is 0 Å². The number of aromatic nitrogens is 2. The molecule has 2 heterocycles. The van der Waals surface area contributed by atoms with Crippen LogP contribution in [0.15, 0.2) is 53.1 Å². The summed E-state index contributed by atoms with van der Waals surface area (Å²) in [5.74, 6) is 0.704. The van der Waals surface area contributed by atoms with Gasteiger partial charge >= 0.3 is 0 Å². The summed E-state index contributed by atoms with van der Waals surface area (Å²) >= 11 is 0. The lowest BCUT2D eigenvalue weighted by atomic mass is 10.2. The van der Waals surface area contributed by atoms with Crippen molar-refractivity contribution in [3.8, 4) is 5.69 Å². The van der Waals surface area contributed by atoms with E-state index < -0.39 is 0 Å². The molecule has 27 heavy (non-hydrogen) atoms. The number of carbonyl (C=O) groups is 1. The minimum Gasteiger partial charge on any atom is -0.467 e. The second kappa shape index (κ2) is 8.22. The second-order valence-corrected chi connectivity index (χ2v) is 6.62. The predicted molar refractivity (Wildman–Crippen MR) is 101 cm³/mol. The molecular weight excluding hydrogens is 342 g/mol. The van der Waals surface area contributed by atoms with E-state index in [2.05, 4.69) is 10.4 Å². The third-order valence-electron chi connectivity index (χ3n) is 4.72. The Labute approximate surface area is 158 Å². The zero-order chi connectivity index (χ0) is 18.5. The van der Waals surface area contributed by atoms with E-state index in [-0.39, 0.29) is 5.91 Å². The first-order valence-corrected chi connectivity index (χ1v) is 9.37. The van der Waals surface area contributed by atoms with Crippen LogP contribution in [-0.4, -0.2) is 28.8 Å². The fourth-order valence-electron chi connectivity index (χ4n) is 3.43. The van der Waals surface area contributed by atoms with Crippen LogP contribution in [0.3, 0.4) is 0 Å². The van der Waals surface area contributed by atoms with E-state index in [9.17, 15) is 4.79 Å². The van der Waals surface area contributed by atoms with Crippen molar-refractivity contribution >= 4 is 5.91 Å². The van der Waals surface area contributed by atoms with Gasteiger partial charge in [-0.15, -0.1) is 0 Å². The van der Waals surface area contributed by atoms with Crippen LogP contribution in [0.25, 0.3) is 5.69 Å². The predicted octanol–water partition coefficient (Wildman–Crippen LogP) is 3.29. The van der Waals surface area contributed by atoms with E-state index in [1.165, 1.54) is 0 Å². The fraction of sp³-hybridized carbons (Fsp3) is 0.333. The normalized spacial score (nSPS) is 12.9. The van der Waals surface area contributed by atoms with Crippen LogP contribution in [-0.2, 0) is 24.2 Å².